The summed E-state index contributed by atoms with van der Waals surface area (Å²) >= 11 is 0. The van der Waals surface area contributed by atoms with E-state index in [1.807, 2.05) is 6.07 Å². The lowest BCUT2D eigenvalue weighted by atomic mass is 9.89. The summed E-state index contributed by atoms with van der Waals surface area (Å²) in [5.74, 6) is 2.48. The van der Waals surface area contributed by atoms with Crippen LogP contribution in [0.2, 0.25) is 0 Å². The van der Waals surface area contributed by atoms with Gasteiger partial charge in [0.1, 0.15) is 11.6 Å². The molecule has 2 saturated carbocycles. The third kappa shape index (κ3) is 2.34. The molecule has 2 aliphatic rings. The van der Waals surface area contributed by atoms with Gasteiger partial charge in [0.05, 0.1) is 4.92 Å². The van der Waals surface area contributed by atoms with Gasteiger partial charge in [-0.1, -0.05) is 6.42 Å². The second-order valence-electron chi connectivity index (χ2n) is 5.92. The Kier molecular flexibility index (Phi) is 3.31. The highest BCUT2D eigenvalue weighted by Crippen LogP contribution is 2.48. The van der Waals surface area contributed by atoms with Gasteiger partial charge >= 0.3 is 0 Å². The molecule has 0 heterocycles. The molecule has 0 aliphatic heterocycles. The number of nitrogens with zero attached hydrogens (tertiary/aromatic N) is 2. The number of rotatable bonds is 4. The Bertz CT molecular complexity index is 579. The fourth-order valence-corrected chi connectivity index (χ4v) is 3.77. The molecule has 0 saturated heterocycles. The summed E-state index contributed by atoms with van der Waals surface area (Å²) in [7, 11) is 0. The zero-order valence-corrected chi connectivity index (χ0v) is 11.2. The van der Waals surface area contributed by atoms with Crippen molar-refractivity contribution in [2.24, 2.45) is 17.8 Å². The average Bonchev–Trinajstić information content (AvgIpc) is 3.07. The maximum Gasteiger partial charge on any atom is 0.287 e. The van der Waals surface area contributed by atoms with Crippen molar-refractivity contribution in [3.8, 4) is 6.07 Å². The quantitative estimate of drug-likeness (QED) is 0.673. The summed E-state index contributed by atoms with van der Waals surface area (Å²) in [6, 6.07) is 6.56. The zero-order chi connectivity index (χ0) is 14.1. The topological polar surface area (TPSA) is 79.0 Å². The molecule has 0 spiro atoms. The molecule has 0 radical (unpaired) electrons. The lowest BCUT2D eigenvalue weighted by Gasteiger charge is -2.22. The van der Waals surface area contributed by atoms with E-state index in [9.17, 15) is 10.1 Å². The van der Waals surface area contributed by atoms with Crippen LogP contribution in [-0.2, 0) is 0 Å². The highest BCUT2D eigenvalue weighted by Gasteiger charge is 2.39. The van der Waals surface area contributed by atoms with Crippen LogP contribution in [0.25, 0.3) is 0 Å². The summed E-state index contributed by atoms with van der Waals surface area (Å²) < 4.78 is 0. The third-order valence-electron chi connectivity index (χ3n) is 4.77. The molecule has 2 aliphatic carbocycles. The van der Waals surface area contributed by atoms with E-state index >= 15 is 0 Å². The van der Waals surface area contributed by atoms with E-state index in [1.165, 1.54) is 31.7 Å². The van der Waals surface area contributed by atoms with Crippen LogP contribution in [0.1, 0.15) is 31.2 Å². The molecule has 1 aromatic rings. The largest absolute Gasteiger partial charge is 0.385 e. The minimum atomic E-state index is -0.516. The Morgan fingerprint density at radius 1 is 1.40 bits per heavy atom. The Morgan fingerprint density at radius 3 is 2.85 bits per heavy atom. The molecular formula is C15H17N3O2. The first-order valence-corrected chi connectivity index (χ1v) is 7.10. The Labute approximate surface area is 117 Å². The van der Waals surface area contributed by atoms with Crippen LogP contribution in [0.3, 0.4) is 0 Å². The van der Waals surface area contributed by atoms with Gasteiger partial charge in [-0.05, 0) is 49.1 Å². The predicted molar refractivity (Wildman–Crippen MR) is 75.2 cm³/mol. The lowest BCUT2D eigenvalue weighted by molar-refractivity contribution is -0.385. The van der Waals surface area contributed by atoms with Crippen molar-refractivity contribution in [2.45, 2.75) is 25.7 Å². The molecule has 3 atom stereocenters. The van der Waals surface area contributed by atoms with E-state index in [0.717, 1.165) is 30.0 Å². The van der Waals surface area contributed by atoms with Crippen molar-refractivity contribution in [3.63, 3.8) is 0 Å². The highest BCUT2D eigenvalue weighted by atomic mass is 16.6. The Morgan fingerprint density at radius 2 is 2.25 bits per heavy atom. The maximum atomic E-state index is 10.8. The van der Waals surface area contributed by atoms with Crippen LogP contribution >= 0.6 is 0 Å². The fourth-order valence-electron chi connectivity index (χ4n) is 3.77. The van der Waals surface area contributed by atoms with E-state index in [2.05, 4.69) is 5.32 Å². The predicted octanol–water partition coefficient (Wildman–Crippen LogP) is 3.31. The number of hydrogen-bond donors (Lipinski definition) is 1. The molecule has 1 N–H and O–H groups in total. The molecule has 1 aromatic carbocycles. The van der Waals surface area contributed by atoms with E-state index < -0.39 is 4.92 Å². The van der Waals surface area contributed by atoms with Gasteiger partial charge in [-0.2, -0.15) is 5.26 Å². The molecule has 3 rings (SSSR count). The molecule has 5 heteroatoms. The normalized spacial score (nSPS) is 27.2. The average molecular weight is 271 g/mol. The van der Waals surface area contributed by atoms with Crippen molar-refractivity contribution in [3.05, 3.63) is 33.9 Å². The number of hydrogen-bond acceptors (Lipinski definition) is 4. The first-order valence-electron chi connectivity index (χ1n) is 7.10. The number of anilines is 1. The summed E-state index contributed by atoms with van der Waals surface area (Å²) in [5.41, 5.74) is 0.792. The molecule has 5 nitrogen and oxygen atoms in total. The van der Waals surface area contributed by atoms with Crippen LogP contribution in [0.4, 0.5) is 11.4 Å². The van der Waals surface area contributed by atoms with Crippen LogP contribution in [0.15, 0.2) is 18.2 Å². The summed E-state index contributed by atoms with van der Waals surface area (Å²) in [6.45, 7) is 0.907. The number of nitro benzene ring substituents is 1. The molecular weight excluding hydrogens is 254 g/mol. The molecule has 0 amide bonds. The van der Waals surface area contributed by atoms with Crippen molar-refractivity contribution >= 4 is 11.4 Å². The van der Waals surface area contributed by atoms with Gasteiger partial charge in [0.15, 0.2) is 0 Å². The fraction of sp³-hybridized carbons (Fsp3) is 0.533. The van der Waals surface area contributed by atoms with Crippen LogP contribution in [-0.4, -0.2) is 11.5 Å². The number of fused-ring (bicyclic) bond motifs is 2. The zero-order valence-electron chi connectivity index (χ0n) is 11.2. The number of nitriles is 1. The SMILES string of the molecule is N#Cc1cc(NCC2CC3CCC2C3)ccc1[N+](=O)[O-]. The van der Waals surface area contributed by atoms with Crippen molar-refractivity contribution in [1.29, 1.82) is 5.26 Å². The smallest absolute Gasteiger partial charge is 0.287 e. The Hall–Kier alpha value is -2.09. The minimum absolute atomic E-state index is 0.118. The Balaban J connectivity index is 1.66. The van der Waals surface area contributed by atoms with Gasteiger partial charge in [-0.15, -0.1) is 0 Å². The summed E-state index contributed by atoms with van der Waals surface area (Å²) in [4.78, 5) is 10.3. The molecule has 104 valence electrons. The number of nitro groups is 1. The molecule has 20 heavy (non-hydrogen) atoms. The second-order valence-corrected chi connectivity index (χ2v) is 5.92. The minimum Gasteiger partial charge on any atom is -0.385 e. The van der Waals surface area contributed by atoms with E-state index in [-0.39, 0.29) is 11.3 Å². The molecule has 3 unspecified atom stereocenters. The van der Waals surface area contributed by atoms with Gasteiger partial charge in [-0.3, -0.25) is 10.1 Å². The molecule has 0 aromatic heterocycles. The maximum absolute atomic E-state index is 10.8. The van der Waals surface area contributed by atoms with Crippen molar-refractivity contribution in [1.82, 2.24) is 0 Å². The van der Waals surface area contributed by atoms with Crippen molar-refractivity contribution < 1.29 is 4.92 Å². The van der Waals surface area contributed by atoms with Crippen LogP contribution < -0.4 is 5.32 Å². The van der Waals surface area contributed by atoms with E-state index in [0.29, 0.717) is 0 Å². The standard InChI is InChI=1S/C15H17N3O2/c16-8-12-7-14(3-4-15(12)18(19)20)17-9-13-6-10-1-2-11(13)5-10/h3-4,7,10-11,13,17H,1-2,5-6,9H2. The van der Waals surface area contributed by atoms with E-state index in [1.54, 1.807) is 12.1 Å². The van der Waals surface area contributed by atoms with E-state index in [4.69, 9.17) is 5.26 Å². The van der Waals surface area contributed by atoms with Gasteiger partial charge < -0.3 is 5.32 Å². The third-order valence-corrected chi connectivity index (χ3v) is 4.77. The van der Waals surface area contributed by atoms with Gasteiger partial charge in [-0.25, -0.2) is 0 Å². The van der Waals surface area contributed by atoms with Gasteiger partial charge in [0, 0.05) is 18.3 Å². The lowest BCUT2D eigenvalue weighted by Crippen LogP contribution is -2.20. The molecule has 2 bridgehead atoms. The van der Waals surface area contributed by atoms with Crippen LogP contribution in [0.5, 0.6) is 0 Å². The first kappa shape index (κ1) is 12.9. The molecule has 2 fully saturated rings. The first-order chi connectivity index (χ1) is 9.67. The number of nitrogens with one attached hydrogen (secondary N) is 1. The monoisotopic (exact) mass is 271 g/mol. The number of benzene rings is 1. The summed E-state index contributed by atoms with van der Waals surface area (Å²) in [5, 5.41) is 23.1. The van der Waals surface area contributed by atoms with Gasteiger partial charge in [0.2, 0.25) is 0 Å². The van der Waals surface area contributed by atoms with Gasteiger partial charge in [0.25, 0.3) is 5.69 Å². The van der Waals surface area contributed by atoms with Crippen molar-refractivity contribution in [2.75, 3.05) is 11.9 Å². The van der Waals surface area contributed by atoms with Crippen LogP contribution in [0, 0.1) is 39.2 Å². The second kappa shape index (κ2) is 5.12. The highest BCUT2D eigenvalue weighted by molar-refractivity contribution is 5.58. The summed E-state index contributed by atoms with van der Waals surface area (Å²) in [6.07, 6.45) is 5.41.